The zero-order chi connectivity index (χ0) is 26.5. The fraction of sp³-hybridized carbons (Fsp3) is 0.154. The van der Waals surface area contributed by atoms with Crippen LogP contribution in [0.5, 0.6) is 0 Å². The number of hydrogen-bond donors (Lipinski definition) is 2. The van der Waals surface area contributed by atoms with Crippen molar-refractivity contribution in [3.63, 3.8) is 0 Å². The Labute approximate surface area is 216 Å². The number of carbonyl (C=O) groups excluding carboxylic acids is 4. The van der Waals surface area contributed by atoms with E-state index in [9.17, 15) is 19.2 Å². The van der Waals surface area contributed by atoms with Gasteiger partial charge < -0.3 is 29.1 Å². The van der Waals surface area contributed by atoms with E-state index < -0.39 is 23.7 Å². The van der Waals surface area contributed by atoms with Crippen LogP contribution in [0.4, 0.5) is 5.69 Å². The van der Waals surface area contributed by atoms with Gasteiger partial charge in [0.15, 0.2) is 0 Å². The van der Waals surface area contributed by atoms with Crippen molar-refractivity contribution >= 4 is 47.1 Å². The Balaban J connectivity index is 1.45. The minimum absolute atomic E-state index is 0.0811. The summed E-state index contributed by atoms with van der Waals surface area (Å²) in [6.45, 7) is 1.70. The molecule has 2 aromatic heterocycles. The number of ether oxygens (including phenoxy) is 1. The molecular weight excluding hydrogens is 502 g/mol. The summed E-state index contributed by atoms with van der Waals surface area (Å²) in [4.78, 5) is 51.3. The van der Waals surface area contributed by atoms with Crippen molar-refractivity contribution in [1.82, 2.24) is 10.2 Å². The first-order valence-corrected chi connectivity index (χ1v) is 11.4. The summed E-state index contributed by atoms with van der Waals surface area (Å²) in [6.07, 6.45) is 2.92. The number of carbonyl (C=O) groups is 4. The molecule has 3 amide bonds. The summed E-state index contributed by atoms with van der Waals surface area (Å²) in [6, 6.07) is 13.0. The second kappa shape index (κ2) is 11.0. The number of nitrogens with zero attached hydrogens (tertiary/aromatic N) is 1. The number of hydrogen-bond acceptors (Lipinski definition) is 7. The molecule has 1 aromatic carbocycles. The maximum atomic E-state index is 13.2. The molecule has 2 N–H and O–H groups in total. The van der Waals surface area contributed by atoms with Crippen molar-refractivity contribution in [2.45, 2.75) is 20.0 Å². The van der Waals surface area contributed by atoms with Crippen molar-refractivity contribution in [1.29, 1.82) is 0 Å². The van der Waals surface area contributed by atoms with Gasteiger partial charge in [0.1, 0.15) is 17.3 Å². The number of amides is 3. The maximum Gasteiger partial charge on any atom is 0.340 e. The van der Waals surface area contributed by atoms with Gasteiger partial charge in [-0.1, -0.05) is 17.7 Å². The van der Waals surface area contributed by atoms with Crippen LogP contribution in [-0.2, 0) is 37.0 Å². The molecule has 11 heteroatoms. The molecule has 0 unspecified atom stereocenters. The topological polar surface area (TPSA) is 131 Å². The van der Waals surface area contributed by atoms with Gasteiger partial charge in [0, 0.05) is 16.4 Å². The van der Waals surface area contributed by atoms with Crippen LogP contribution in [0, 0.1) is 0 Å². The van der Waals surface area contributed by atoms with Crippen molar-refractivity contribution in [2.75, 3.05) is 12.4 Å². The molecule has 190 valence electrons. The van der Waals surface area contributed by atoms with Gasteiger partial charge in [0.05, 0.1) is 37.6 Å². The number of halogens is 1. The van der Waals surface area contributed by atoms with Gasteiger partial charge in [-0.05, 0) is 55.5 Å². The zero-order valence-electron chi connectivity index (χ0n) is 19.9. The Morgan fingerprint density at radius 2 is 1.89 bits per heavy atom. The highest BCUT2D eigenvalue weighted by atomic mass is 35.5. The number of methoxy groups -OCH3 is 1. The number of rotatable bonds is 7. The molecule has 0 aliphatic carbocycles. The summed E-state index contributed by atoms with van der Waals surface area (Å²) in [5.74, 6) is -1.68. The summed E-state index contributed by atoms with van der Waals surface area (Å²) < 4.78 is 15.9. The van der Waals surface area contributed by atoms with E-state index in [1.165, 1.54) is 30.4 Å². The Bertz CT molecular complexity index is 1420. The highest BCUT2D eigenvalue weighted by Gasteiger charge is 2.37. The second-order valence-electron chi connectivity index (χ2n) is 7.93. The smallest absolute Gasteiger partial charge is 0.340 e. The standard InChI is InChI=1S/C26H22ClN3O7/c1-15-22(26(34)35-2)21(25(33)30(15)14-20-7-4-10-36-20)12-18-8-9-19(37-18)13-28-23(31)24(32)29-17-6-3-5-16(27)11-17/h3-12H,13-14H2,1-2H3,(H,28,31)(H,29,32)/b21-12+. The molecule has 0 fully saturated rings. The lowest BCUT2D eigenvalue weighted by molar-refractivity contribution is -0.136. The third kappa shape index (κ3) is 5.81. The van der Waals surface area contributed by atoms with Crippen LogP contribution in [0.2, 0.25) is 5.02 Å². The van der Waals surface area contributed by atoms with Crippen molar-refractivity contribution in [3.8, 4) is 0 Å². The molecule has 0 saturated carbocycles. The molecule has 0 bridgehead atoms. The molecule has 1 aliphatic heterocycles. The Kier molecular flexibility index (Phi) is 7.59. The lowest BCUT2D eigenvalue weighted by atomic mass is 10.1. The van der Waals surface area contributed by atoms with Crippen LogP contribution in [0.1, 0.15) is 24.2 Å². The fourth-order valence-electron chi connectivity index (χ4n) is 3.69. The van der Waals surface area contributed by atoms with E-state index in [1.807, 2.05) is 0 Å². The van der Waals surface area contributed by atoms with Crippen molar-refractivity contribution in [3.05, 3.63) is 93.9 Å². The molecule has 1 aliphatic rings. The van der Waals surface area contributed by atoms with Crippen LogP contribution in [0.15, 0.2) is 80.5 Å². The molecular formula is C26H22ClN3O7. The average Bonchev–Trinajstić information content (AvgIpc) is 3.60. The summed E-state index contributed by atoms with van der Waals surface area (Å²) >= 11 is 5.88. The molecule has 4 rings (SSSR count). The van der Waals surface area contributed by atoms with Gasteiger partial charge in [0.2, 0.25) is 0 Å². The number of nitrogens with one attached hydrogen (secondary N) is 2. The van der Waals surface area contributed by atoms with Gasteiger partial charge in [-0.3, -0.25) is 14.4 Å². The first kappa shape index (κ1) is 25.5. The van der Waals surface area contributed by atoms with E-state index in [1.54, 1.807) is 49.4 Å². The third-order valence-corrected chi connectivity index (χ3v) is 5.71. The molecule has 3 heterocycles. The van der Waals surface area contributed by atoms with Crippen LogP contribution < -0.4 is 10.6 Å². The van der Waals surface area contributed by atoms with Crippen LogP contribution >= 0.6 is 11.6 Å². The molecule has 0 radical (unpaired) electrons. The minimum Gasteiger partial charge on any atom is -0.467 e. The lowest BCUT2D eigenvalue weighted by Crippen LogP contribution is -2.34. The van der Waals surface area contributed by atoms with Crippen LogP contribution in [0.3, 0.4) is 0 Å². The molecule has 10 nitrogen and oxygen atoms in total. The zero-order valence-corrected chi connectivity index (χ0v) is 20.6. The summed E-state index contributed by atoms with van der Waals surface area (Å²) in [7, 11) is 1.23. The van der Waals surface area contributed by atoms with Crippen molar-refractivity contribution in [2.24, 2.45) is 0 Å². The van der Waals surface area contributed by atoms with Gasteiger partial charge in [-0.15, -0.1) is 0 Å². The van der Waals surface area contributed by atoms with Crippen LogP contribution in [-0.4, -0.2) is 35.7 Å². The number of furan rings is 2. The van der Waals surface area contributed by atoms with E-state index in [2.05, 4.69) is 10.6 Å². The number of allylic oxidation sites excluding steroid dienone is 1. The van der Waals surface area contributed by atoms with Gasteiger partial charge in [-0.2, -0.15) is 0 Å². The van der Waals surface area contributed by atoms with E-state index in [0.29, 0.717) is 27.9 Å². The number of anilines is 1. The summed E-state index contributed by atoms with van der Waals surface area (Å²) in [5.41, 5.74) is 1.01. The maximum absolute atomic E-state index is 13.2. The predicted molar refractivity (Wildman–Crippen MR) is 133 cm³/mol. The normalized spacial score (nSPS) is 14.3. The minimum atomic E-state index is -0.873. The molecule has 0 atom stereocenters. The molecule has 0 spiro atoms. The van der Waals surface area contributed by atoms with E-state index >= 15 is 0 Å². The Morgan fingerprint density at radius 3 is 2.59 bits per heavy atom. The Hall–Kier alpha value is -4.57. The highest BCUT2D eigenvalue weighted by Crippen LogP contribution is 2.33. The third-order valence-electron chi connectivity index (χ3n) is 5.48. The van der Waals surface area contributed by atoms with Gasteiger partial charge in [0.25, 0.3) is 5.91 Å². The van der Waals surface area contributed by atoms with Gasteiger partial charge in [-0.25, -0.2) is 4.79 Å². The number of esters is 1. The number of benzene rings is 1. The molecule has 3 aromatic rings. The van der Waals surface area contributed by atoms with Gasteiger partial charge >= 0.3 is 17.8 Å². The monoisotopic (exact) mass is 523 g/mol. The quantitative estimate of drug-likeness (QED) is 0.274. The molecule has 37 heavy (non-hydrogen) atoms. The average molecular weight is 524 g/mol. The first-order chi connectivity index (χ1) is 17.8. The highest BCUT2D eigenvalue weighted by molar-refractivity contribution is 6.39. The SMILES string of the molecule is COC(=O)C1=C(C)N(Cc2ccco2)C(=O)/C1=C/c1ccc(CNC(=O)C(=O)Nc2cccc(Cl)c2)o1. The summed E-state index contributed by atoms with van der Waals surface area (Å²) in [5, 5.41) is 5.32. The Morgan fingerprint density at radius 1 is 1.08 bits per heavy atom. The van der Waals surface area contributed by atoms with E-state index in [4.69, 9.17) is 25.2 Å². The lowest BCUT2D eigenvalue weighted by Gasteiger charge is -2.15. The second-order valence-corrected chi connectivity index (χ2v) is 8.37. The van der Waals surface area contributed by atoms with Crippen molar-refractivity contribution < 1.29 is 32.7 Å². The van der Waals surface area contributed by atoms with Crippen LogP contribution in [0.25, 0.3) is 6.08 Å². The largest absolute Gasteiger partial charge is 0.467 e. The predicted octanol–water partition coefficient (Wildman–Crippen LogP) is 3.65. The van der Waals surface area contributed by atoms with E-state index in [-0.39, 0.29) is 30.0 Å². The molecule has 0 saturated heterocycles. The fourth-order valence-corrected chi connectivity index (χ4v) is 3.88. The van der Waals surface area contributed by atoms with E-state index in [0.717, 1.165) is 0 Å². The first-order valence-electron chi connectivity index (χ1n) is 11.1.